The minimum Gasteiger partial charge on any atom is -0.354 e. The quantitative estimate of drug-likeness (QED) is 0.897. The predicted octanol–water partition coefficient (Wildman–Crippen LogP) is 2.18. The van der Waals surface area contributed by atoms with Gasteiger partial charge in [0, 0.05) is 25.2 Å². The lowest BCUT2D eigenvalue weighted by Crippen LogP contribution is -2.41. The van der Waals surface area contributed by atoms with Crippen molar-refractivity contribution in [2.45, 2.75) is 25.8 Å². The van der Waals surface area contributed by atoms with E-state index < -0.39 is 11.6 Å². The number of hydrogen-bond acceptors (Lipinski definition) is 3. The molecule has 100 valence electrons. The third-order valence-corrected chi connectivity index (χ3v) is 3.79. The van der Waals surface area contributed by atoms with Gasteiger partial charge in [-0.25, -0.2) is 13.8 Å². The fraction of sp³-hybridized carbons (Fsp3) is 0.615. The lowest BCUT2D eigenvalue weighted by Gasteiger charge is -2.35. The van der Waals surface area contributed by atoms with E-state index in [1.165, 1.54) is 0 Å². The van der Waals surface area contributed by atoms with E-state index in [0.29, 0.717) is 12.0 Å². The molecular formula is C13H19F2N3. The van der Waals surface area contributed by atoms with E-state index in [1.807, 2.05) is 11.9 Å². The maximum absolute atomic E-state index is 13.6. The summed E-state index contributed by atoms with van der Waals surface area (Å²) in [4.78, 5) is 5.75. The van der Waals surface area contributed by atoms with E-state index in [1.54, 1.807) is 0 Å². The summed E-state index contributed by atoms with van der Waals surface area (Å²) in [7, 11) is 1.96. The van der Waals surface area contributed by atoms with E-state index >= 15 is 0 Å². The molecule has 1 fully saturated rings. The second kappa shape index (κ2) is 5.61. The molecule has 1 saturated heterocycles. The van der Waals surface area contributed by atoms with Crippen LogP contribution in [0.4, 0.5) is 14.6 Å². The molecule has 1 N–H and O–H groups in total. The molecule has 0 bridgehead atoms. The Balaban J connectivity index is 2.01. The molecule has 1 aliphatic heterocycles. The van der Waals surface area contributed by atoms with Crippen LogP contribution in [0.15, 0.2) is 12.3 Å². The highest BCUT2D eigenvalue weighted by atomic mass is 19.1. The number of piperidine rings is 1. The van der Waals surface area contributed by atoms with Crippen molar-refractivity contribution in [3.63, 3.8) is 0 Å². The van der Waals surface area contributed by atoms with E-state index in [2.05, 4.69) is 17.2 Å². The molecule has 3 nitrogen and oxygen atoms in total. The molecular weight excluding hydrogens is 236 g/mol. The summed E-state index contributed by atoms with van der Waals surface area (Å²) in [5.74, 6) is -0.327. The Morgan fingerprint density at radius 2 is 2.06 bits per heavy atom. The van der Waals surface area contributed by atoms with Gasteiger partial charge < -0.3 is 10.2 Å². The fourth-order valence-electron chi connectivity index (χ4n) is 2.49. The summed E-state index contributed by atoms with van der Waals surface area (Å²) in [5.41, 5.74) is 0. The highest BCUT2D eigenvalue weighted by Gasteiger charge is 2.25. The molecule has 0 amide bonds. The standard InChI is InChI=1S/C13H19F2N3/c1-9(16-2)10-3-5-18(6-4-10)13-12(15)7-11(14)8-17-13/h7-10,16H,3-6H2,1-2H3. The summed E-state index contributed by atoms with van der Waals surface area (Å²) in [6, 6.07) is 1.36. The molecule has 0 aromatic carbocycles. The Kier molecular flexibility index (Phi) is 4.11. The smallest absolute Gasteiger partial charge is 0.168 e. The predicted molar refractivity (Wildman–Crippen MR) is 67.6 cm³/mol. The van der Waals surface area contributed by atoms with E-state index in [-0.39, 0.29) is 5.82 Å². The van der Waals surface area contributed by atoms with Crippen molar-refractivity contribution in [3.05, 3.63) is 23.9 Å². The normalized spacial score (nSPS) is 19.0. The van der Waals surface area contributed by atoms with Crippen LogP contribution in [0, 0.1) is 17.6 Å². The molecule has 1 atom stereocenters. The zero-order valence-corrected chi connectivity index (χ0v) is 10.8. The van der Waals surface area contributed by atoms with E-state index in [9.17, 15) is 8.78 Å². The number of rotatable bonds is 3. The summed E-state index contributed by atoms with van der Waals surface area (Å²) < 4.78 is 26.4. The third kappa shape index (κ3) is 2.77. The number of halogens is 2. The largest absolute Gasteiger partial charge is 0.354 e. The minimum absolute atomic E-state index is 0.270. The molecule has 0 radical (unpaired) electrons. The van der Waals surface area contributed by atoms with Crippen molar-refractivity contribution in [3.8, 4) is 0 Å². The monoisotopic (exact) mass is 255 g/mol. The summed E-state index contributed by atoms with van der Waals surface area (Å²) >= 11 is 0. The number of aromatic nitrogens is 1. The van der Waals surface area contributed by atoms with Gasteiger partial charge in [-0.2, -0.15) is 0 Å². The molecule has 1 aromatic heterocycles. The SMILES string of the molecule is CNC(C)C1CCN(c2ncc(F)cc2F)CC1. The van der Waals surface area contributed by atoms with Crippen LogP contribution in [0.2, 0.25) is 0 Å². The molecule has 18 heavy (non-hydrogen) atoms. The van der Waals surface area contributed by atoms with Gasteiger partial charge in [0.05, 0.1) is 6.20 Å². The Morgan fingerprint density at radius 3 is 2.61 bits per heavy atom. The van der Waals surface area contributed by atoms with Gasteiger partial charge in [0.2, 0.25) is 0 Å². The molecule has 0 aliphatic carbocycles. The maximum atomic E-state index is 13.6. The molecule has 5 heteroatoms. The van der Waals surface area contributed by atoms with Crippen molar-refractivity contribution in [1.82, 2.24) is 10.3 Å². The van der Waals surface area contributed by atoms with Crippen molar-refractivity contribution < 1.29 is 8.78 Å². The van der Waals surface area contributed by atoms with Crippen LogP contribution in [0.1, 0.15) is 19.8 Å². The maximum Gasteiger partial charge on any atom is 0.168 e. The van der Waals surface area contributed by atoms with Crippen LogP contribution >= 0.6 is 0 Å². The van der Waals surface area contributed by atoms with Gasteiger partial charge in [0.1, 0.15) is 5.82 Å². The summed E-state index contributed by atoms with van der Waals surface area (Å²) in [6.45, 7) is 3.70. The Labute approximate surface area is 106 Å². The third-order valence-electron chi connectivity index (χ3n) is 3.79. The average Bonchev–Trinajstić information content (AvgIpc) is 2.38. The molecule has 0 spiro atoms. The first-order valence-corrected chi connectivity index (χ1v) is 6.35. The zero-order chi connectivity index (χ0) is 13.1. The second-order valence-electron chi connectivity index (χ2n) is 4.86. The Bertz CT molecular complexity index is 403. The molecule has 0 saturated carbocycles. The topological polar surface area (TPSA) is 28.2 Å². The summed E-state index contributed by atoms with van der Waals surface area (Å²) in [5, 5.41) is 3.25. The zero-order valence-electron chi connectivity index (χ0n) is 10.8. The average molecular weight is 255 g/mol. The van der Waals surface area contributed by atoms with Crippen molar-refractivity contribution in [2.24, 2.45) is 5.92 Å². The Hall–Kier alpha value is -1.23. The van der Waals surface area contributed by atoms with Crippen molar-refractivity contribution in [2.75, 3.05) is 25.0 Å². The lowest BCUT2D eigenvalue weighted by molar-refractivity contribution is 0.321. The van der Waals surface area contributed by atoms with Crippen LogP contribution in [-0.2, 0) is 0 Å². The molecule has 1 unspecified atom stereocenters. The minimum atomic E-state index is -0.630. The second-order valence-corrected chi connectivity index (χ2v) is 4.86. The van der Waals surface area contributed by atoms with Crippen LogP contribution in [0.5, 0.6) is 0 Å². The van der Waals surface area contributed by atoms with Gasteiger partial charge in [-0.15, -0.1) is 0 Å². The van der Waals surface area contributed by atoms with Gasteiger partial charge in [-0.05, 0) is 32.7 Å². The number of anilines is 1. The van der Waals surface area contributed by atoms with E-state index in [4.69, 9.17) is 0 Å². The number of nitrogens with zero attached hydrogens (tertiary/aromatic N) is 2. The highest BCUT2D eigenvalue weighted by Crippen LogP contribution is 2.25. The van der Waals surface area contributed by atoms with Gasteiger partial charge in [0.15, 0.2) is 11.6 Å². The first kappa shape index (κ1) is 13.2. The molecule has 1 aliphatic rings. The summed E-state index contributed by atoms with van der Waals surface area (Å²) in [6.07, 6.45) is 3.07. The lowest BCUT2D eigenvalue weighted by atomic mass is 9.90. The number of hydrogen-bond donors (Lipinski definition) is 1. The van der Waals surface area contributed by atoms with Crippen LogP contribution in [0.25, 0.3) is 0 Å². The van der Waals surface area contributed by atoms with Crippen molar-refractivity contribution in [1.29, 1.82) is 0 Å². The fourth-order valence-corrected chi connectivity index (χ4v) is 2.49. The Morgan fingerprint density at radius 1 is 1.39 bits per heavy atom. The van der Waals surface area contributed by atoms with E-state index in [0.717, 1.165) is 38.2 Å². The molecule has 1 aromatic rings. The first-order valence-electron chi connectivity index (χ1n) is 6.35. The highest BCUT2D eigenvalue weighted by molar-refractivity contribution is 5.40. The molecule has 2 rings (SSSR count). The van der Waals surface area contributed by atoms with Crippen LogP contribution in [0.3, 0.4) is 0 Å². The van der Waals surface area contributed by atoms with Crippen LogP contribution in [-0.4, -0.2) is 31.2 Å². The number of nitrogens with one attached hydrogen (secondary N) is 1. The van der Waals surface area contributed by atoms with Crippen molar-refractivity contribution >= 4 is 5.82 Å². The van der Waals surface area contributed by atoms with Gasteiger partial charge in [0.25, 0.3) is 0 Å². The van der Waals surface area contributed by atoms with Gasteiger partial charge in [-0.1, -0.05) is 0 Å². The number of pyridine rings is 1. The van der Waals surface area contributed by atoms with Gasteiger partial charge in [-0.3, -0.25) is 0 Å². The molecule has 2 heterocycles. The first-order chi connectivity index (χ1) is 8.61. The van der Waals surface area contributed by atoms with Crippen LogP contribution < -0.4 is 10.2 Å². The van der Waals surface area contributed by atoms with Gasteiger partial charge >= 0.3 is 0 Å².